The molecule has 2 aliphatic rings. The van der Waals surface area contributed by atoms with Gasteiger partial charge in [-0.05, 0) is 42.8 Å². The molecule has 2 aliphatic heterocycles. The van der Waals surface area contributed by atoms with Crippen molar-refractivity contribution in [1.82, 2.24) is 20.7 Å². The van der Waals surface area contributed by atoms with Crippen LogP contribution < -0.4 is 10.9 Å². The molecule has 3 unspecified atom stereocenters. The van der Waals surface area contributed by atoms with Gasteiger partial charge in [0.25, 0.3) is 0 Å². The first-order valence-corrected chi connectivity index (χ1v) is 11.7. The van der Waals surface area contributed by atoms with E-state index in [-0.39, 0.29) is 6.61 Å². The van der Waals surface area contributed by atoms with Gasteiger partial charge in [-0.1, -0.05) is 29.8 Å². The van der Waals surface area contributed by atoms with E-state index in [1.807, 2.05) is 11.3 Å². The number of hydrogen-bond acceptors (Lipinski definition) is 6. The number of nitrogens with zero attached hydrogens (tertiary/aromatic N) is 2. The molecule has 6 heteroatoms. The highest BCUT2D eigenvalue weighted by Gasteiger charge is 2.33. The summed E-state index contributed by atoms with van der Waals surface area (Å²) in [6, 6.07) is 11.9. The van der Waals surface area contributed by atoms with Crippen LogP contribution >= 0.6 is 11.3 Å². The topological polar surface area (TPSA) is 50.8 Å². The van der Waals surface area contributed by atoms with Gasteiger partial charge in [-0.3, -0.25) is 10.3 Å². The molecule has 29 heavy (non-hydrogen) atoms. The monoisotopic (exact) mass is 414 g/mol. The number of aliphatic hydroxyl groups is 1. The highest BCUT2D eigenvalue weighted by atomic mass is 32.1. The largest absolute Gasteiger partial charge is 0.396 e. The summed E-state index contributed by atoms with van der Waals surface area (Å²) in [6.45, 7) is 11.0. The lowest BCUT2D eigenvalue weighted by atomic mass is 9.90. The Morgan fingerprint density at radius 3 is 2.90 bits per heavy atom. The van der Waals surface area contributed by atoms with Crippen LogP contribution in [0.4, 0.5) is 0 Å². The van der Waals surface area contributed by atoms with Crippen LogP contribution in [0.2, 0.25) is 0 Å². The third-order valence-electron chi connectivity index (χ3n) is 6.45. The van der Waals surface area contributed by atoms with Gasteiger partial charge in [0, 0.05) is 62.7 Å². The van der Waals surface area contributed by atoms with Gasteiger partial charge in [-0.15, -0.1) is 11.3 Å². The van der Waals surface area contributed by atoms with Crippen LogP contribution in [0.1, 0.15) is 34.0 Å². The van der Waals surface area contributed by atoms with E-state index in [2.05, 4.69) is 70.2 Å². The minimum Gasteiger partial charge on any atom is -0.396 e. The van der Waals surface area contributed by atoms with E-state index in [0.717, 1.165) is 45.7 Å². The molecule has 0 radical (unpaired) electrons. The zero-order valence-electron chi connectivity index (χ0n) is 17.6. The van der Waals surface area contributed by atoms with E-state index in [0.29, 0.717) is 18.0 Å². The van der Waals surface area contributed by atoms with Crippen molar-refractivity contribution in [1.29, 1.82) is 0 Å². The molecule has 2 saturated heterocycles. The molecule has 1 aromatic carbocycles. The highest BCUT2D eigenvalue weighted by molar-refractivity contribution is 7.09. The van der Waals surface area contributed by atoms with Gasteiger partial charge in [0.2, 0.25) is 0 Å². The van der Waals surface area contributed by atoms with Crippen molar-refractivity contribution in [2.75, 3.05) is 39.3 Å². The molecule has 0 aliphatic carbocycles. The number of piperazine rings is 1. The van der Waals surface area contributed by atoms with Crippen molar-refractivity contribution in [2.24, 2.45) is 5.92 Å². The predicted molar refractivity (Wildman–Crippen MR) is 120 cm³/mol. The zero-order chi connectivity index (χ0) is 20.2. The number of nitrogens with one attached hydrogen (secondary N) is 2. The van der Waals surface area contributed by atoms with Crippen LogP contribution in [0.5, 0.6) is 0 Å². The molecular weight excluding hydrogens is 380 g/mol. The van der Waals surface area contributed by atoms with Crippen molar-refractivity contribution in [2.45, 2.75) is 38.9 Å². The Hall–Kier alpha value is -1.28. The standard InChI is InChI=1S/C23H34N4OS/c1-17-5-6-18(2)22(12-17)23-19(13-24-25-23)14-26-8-9-27(20(15-26)7-10-28)16-21-4-3-11-29-21/h3-6,11-12,19-20,23-25,28H,7-10,13-16H2,1-2H3. The van der Waals surface area contributed by atoms with Crippen molar-refractivity contribution >= 4 is 11.3 Å². The maximum absolute atomic E-state index is 9.62. The SMILES string of the molecule is Cc1ccc(C)c(C2NNCC2CN2CCN(Cc3cccs3)C(CCO)C2)c1. The summed E-state index contributed by atoms with van der Waals surface area (Å²) in [5.41, 5.74) is 11.0. The second-order valence-corrected chi connectivity index (χ2v) is 9.63. The first-order valence-electron chi connectivity index (χ1n) is 10.8. The highest BCUT2D eigenvalue weighted by Crippen LogP contribution is 2.30. The summed E-state index contributed by atoms with van der Waals surface area (Å²) in [5, 5.41) is 11.8. The molecule has 3 heterocycles. The van der Waals surface area contributed by atoms with Crippen LogP contribution in [0.15, 0.2) is 35.7 Å². The maximum atomic E-state index is 9.62. The average molecular weight is 415 g/mol. The number of thiophene rings is 1. The molecule has 4 rings (SSSR count). The minimum atomic E-state index is 0.261. The van der Waals surface area contributed by atoms with Gasteiger partial charge >= 0.3 is 0 Å². The Bertz CT molecular complexity index is 781. The third-order valence-corrected chi connectivity index (χ3v) is 7.31. The Kier molecular flexibility index (Phi) is 7.00. The predicted octanol–water partition coefficient (Wildman–Crippen LogP) is 2.70. The normalized spacial score (nSPS) is 26.2. The Labute approximate surface area is 178 Å². The molecule has 3 atom stereocenters. The van der Waals surface area contributed by atoms with Crippen LogP contribution in [0, 0.1) is 19.8 Å². The van der Waals surface area contributed by atoms with Crippen molar-refractivity contribution in [3.63, 3.8) is 0 Å². The fourth-order valence-electron chi connectivity index (χ4n) is 4.82. The Balaban J connectivity index is 1.40. The van der Waals surface area contributed by atoms with Crippen molar-refractivity contribution in [3.8, 4) is 0 Å². The Morgan fingerprint density at radius 2 is 2.10 bits per heavy atom. The number of aryl methyl sites for hydroxylation is 2. The van der Waals surface area contributed by atoms with E-state index >= 15 is 0 Å². The smallest absolute Gasteiger partial charge is 0.0518 e. The second-order valence-electron chi connectivity index (χ2n) is 8.60. The van der Waals surface area contributed by atoms with Gasteiger partial charge in [0.15, 0.2) is 0 Å². The first kappa shape index (κ1) is 21.0. The van der Waals surface area contributed by atoms with E-state index < -0.39 is 0 Å². The number of hydrazine groups is 1. The molecule has 0 amide bonds. The van der Waals surface area contributed by atoms with E-state index in [4.69, 9.17) is 0 Å². The van der Waals surface area contributed by atoms with Crippen LogP contribution in [0.3, 0.4) is 0 Å². The van der Waals surface area contributed by atoms with Crippen LogP contribution in [-0.2, 0) is 6.54 Å². The number of rotatable bonds is 7. The summed E-state index contributed by atoms with van der Waals surface area (Å²) in [5.74, 6) is 0.550. The molecular formula is C23H34N4OS. The first-order chi connectivity index (χ1) is 14.1. The molecule has 0 bridgehead atoms. The van der Waals surface area contributed by atoms with Gasteiger partial charge in [-0.25, -0.2) is 5.43 Å². The van der Waals surface area contributed by atoms with Crippen LogP contribution in [-0.4, -0.2) is 60.3 Å². The lowest BCUT2D eigenvalue weighted by molar-refractivity contribution is 0.0463. The molecule has 2 aromatic rings. The fourth-order valence-corrected chi connectivity index (χ4v) is 5.55. The molecule has 1 aromatic heterocycles. The third kappa shape index (κ3) is 5.08. The Morgan fingerprint density at radius 1 is 1.21 bits per heavy atom. The van der Waals surface area contributed by atoms with Gasteiger partial charge in [0.1, 0.15) is 0 Å². The number of benzene rings is 1. The second kappa shape index (κ2) is 9.69. The summed E-state index contributed by atoms with van der Waals surface area (Å²) in [6.07, 6.45) is 0.851. The van der Waals surface area contributed by atoms with Gasteiger partial charge in [0.05, 0.1) is 6.04 Å². The summed E-state index contributed by atoms with van der Waals surface area (Å²) in [4.78, 5) is 6.59. The van der Waals surface area contributed by atoms with E-state index in [1.54, 1.807) is 0 Å². The summed E-state index contributed by atoms with van der Waals surface area (Å²) >= 11 is 1.83. The van der Waals surface area contributed by atoms with E-state index in [9.17, 15) is 5.11 Å². The quantitative estimate of drug-likeness (QED) is 0.650. The zero-order valence-corrected chi connectivity index (χ0v) is 18.4. The van der Waals surface area contributed by atoms with E-state index in [1.165, 1.54) is 21.6 Å². The van der Waals surface area contributed by atoms with Gasteiger partial charge < -0.3 is 10.0 Å². The van der Waals surface area contributed by atoms with Crippen LogP contribution in [0.25, 0.3) is 0 Å². The van der Waals surface area contributed by atoms with Gasteiger partial charge in [-0.2, -0.15) is 0 Å². The molecule has 158 valence electrons. The summed E-state index contributed by atoms with van der Waals surface area (Å²) in [7, 11) is 0. The average Bonchev–Trinajstić information content (AvgIpc) is 3.38. The maximum Gasteiger partial charge on any atom is 0.0518 e. The molecule has 3 N–H and O–H groups in total. The number of hydrogen-bond donors (Lipinski definition) is 3. The fraction of sp³-hybridized carbons (Fsp3) is 0.565. The van der Waals surface area contributed by atoms with Crippen molar-refractivity contribution in [3.05, 3.63) is 57.3 Å². The summed E-state index contributed by atoms with van der Waals surface area (Å²) < 4.78 is 0. The molecule has 0 saturated carbocycles. The van der Waals surface area contributed by atoms with Crippen molar-refractivity contribution < 1.29 is 5.11 Å². The molecule has 2 fully saturated rings. The lowest BCUT2D eigenvalue weighted by Gasteiger charge is -2.42. The number of aliphatic hydroxyl groups excluding tert-OH is 1. The minimum absolute atomic E-state index is 0.261. The molecule has 5 nitrogen and oxygen atoms in total. The molecule has 0 spiro atoms. The lowest BCUT2D eigenvalue weighted by Crippen LogP contribution is -2.54.